The molecule has 70 valence electrons. The Balaban J connectivity index is 0.000000980. The van der Waals surface area contributed by atoms with Crippen LogP contribution in [0.1, 0.15) is 6.42 Å². The van der Waals surface area contributed by atoms with Crippen LogP contribution in [0.3, 0.4) is 0 Å². The first kappa shape index (κ1) is 11.8. The SMILES string of the molecule is O=C([O-])C1C2C=CC(C2)C1C(=O)O.[Na+]. The molecule has 4 nitrogen and oxygen atoms in total. The van der Waals surface area contributed by atoms with Crippen molar-refractivity contribution in [3.63, 3.8) is 0 Å². The topological polar surface area (TPSA) is 77.4 Å². The zero-order valence-electron chi connectivity index (χ0n) is 7.84. The summed E-state index contributed by atoms with van der Waals surface area (Å²) in [4.78, 5) is 21.5. The summed E-state index contributed by atoms with van der Waals surface area (Å²) in [5, 5.41) is 19.5. The van der Waals surface area contributed by atoms with Gasteiger partial charge in [0.1, 0.15) is 0 Å². The molecule has 1 N–H and O–H groups in total. The summed E-state index contributed by atoms with van der Waals surface area (Å²) in [5.74, 6) is -4.09. The Labute approximate surface area is 103 Å². The Morgan fingerprint density at radius 2 is 1.71 bits per heavy atom. The van der Waals surface area contributed by atoms with Crippen molar-refractivity contribution < 1.29 is 49.4 Å². The van der Waals surface area contributed by atoms with Gasteiger partial charge in [-0.15, -0.1) is 0 Å². The quantitative estimate of drug-likeness (QED) is 0.370. The fourth-order valence-corrected chi connectivity index (χ4v) is 2.48. The summed E-state index contributed by atoms with van der Waals surface area (Å²) in [6, 6.07) is 0. The van der Waals surface area contributed by atoms with E-state index >= 15 is 0 Å². The van der Waals surface area contributed by atoms with Gasteiger partial charge in [-0.2, -0.15) is 0 Å². The third-order valence-electron chi connectivity index (χ3n) is 3.02. The number of carboxylic acids is 2. The molecule has 0 spiro atoms. The van der Waals surface area contributed by atoms with E-state index in [1.54, 1.807) is 6.08 Å². The molecule has 1 saturated carbocycles. The van der Waals surface area contributed by atoms with Crippen LogP contribution < -0.4 is 34.7 Å². The first-order valence-corrected chi connectivity index (χ1v) is 4.23. The average molecular weight is 204 g/mol. The number of hydrogen-bond acceptors (Lipinski definition) is 3. The van der Waals surface area contributed by atoms with Crippen molar-refractivity contribution in [3.05, 3.63) is 12.2 Å². The molecule has 0 aromatic heterocycles. The first-order chi connectivity index (χ1) is 6.11. The minimum atomic E-state index is -1.23. The molecule has 2 aliphatic rings. The second-order valence-corrected chi connectivity index (χ2v) is 3.66. The number of aliphatic carboxylic acids is 2. The average Bonchev–Trinajstić information content (AvgIpc) is 2.60. The van der Waals surface area contributed by atoms with Crippen molar-refractivity contribution in [2.24, 2.45) is 23.7 Å². The number of carboxylic acid groups (broad SMARTS) is 2. The molecule has 0 radical (unpaired) electrons. The van der Waals surface area contributed by atoms with Gasteiger partial charge in [-0.25, -0.2) is 0 Å². The maximum atomic E-state index is 10.8. The molecule has 4 unspecified atom stereocenters. The van der Waals surface area contributed by atoms with Crippen LogP contribution in [0.4, 0.5) is 0 Å². The van der Waals surface area contributed by atoms with E-state index in [9.17, 15) is 14.7 Å². The molecule has 0 aliphatic heterocycles. The Morgan fingerprint density at radius 3 is 2.07 bits per heavy atom. The minimum Gasteiger partial charge on any atom is -0.550 e. The molecular formula is C9H9NaO4. The van der Waals surface area contributed by atoms with Crippen LogP contribution in [0, 0.1) is 23.7 Å². The molecule has 0 saturated heterocycles. The van der Waals surface area contributed by atoms with Crippen molar-refractivity contribution in [2.75, 3.05) is 0 Å². The zero-order chi connectivity index (χ0) is 9.59. The maximum Gasteiger partial charge on any atom is 1.00 e. The van der Waals surface area contributed by atoms with Crippen molar-refractivity contribution in [1.82, 2.24) is 0 Å². The summed E-state index contributed by atoms with van der Waals surface area (Å²) in [7, 11) is 0. The fraction of sp³-hybridized carbons (Fsp3) is 0.556. The second kappa shape index (κ2) is 4.04. The summed E-state index contributed by atoms with van der Waals surface area (Å²) in [6.45, 7) is 0. The fourth-order valence-electron chi connectivity index (χ4n) is 2.48. The first-order valence-electron chi connectivity index (χ1n) is 4.23. The summed E-state index contributed by atoms with van der Waals surface area (Å²) in [5.41, 5.74) is 0. The van der Waals surface area contributed by atoms with Crippen molar-refractivity contribution in [2.45, 2.75) is 6.42 Å². The summed E-state index contributed by atoms with van der Waals surface area (Å²) >= 11 is 0. The van der Waals surface area contributed by atoms with Gasteiger partial charge < -0.3 is 15.0 Å². The number of carbonyl (C=O) groups is 2. The van der Waals surface area contributed by atoms with Crippen LogP contribution in [0.2, 0.25) is 0 Å². The molecular weight excluding hydrogens is 195 g/mol. The number of allylic oxidation sites excluding steroid dienone is 2. The second-order valence-electron chi connectivity index (χ2n) is 3.66. The van der Waals surface area contributed by atoms with E-state index < -0.39 is 23.8 Å². The van der Waals surface area contributed by atoms with Crippen molar-refractivity contribution in [1.29, 1.82) is 0 Å². The Bertz CT molecular complexity index is 271. The normalized spacial score (nSPS) is 38.0. The smallest absolute Gasteiger partial charge is 0.550 e. The number of carbonyl (C=O) groups excluding carboxylic acids is 1. The maximum absolute atomic E-state index is 10.8. The molecule has 2 rings (SSSR count). The molecule has 5 heteroatoms. The van der Waals surface area contributed by atoms with E-state index in [0.717, 1.165) is 0 Å². The van der Waals surface area contributed by atoms with E-state index in [-0.39, 0.29) is 41.4 Å². The minimum absolute atomic E-state index is 0. The van der Waals surface area contributed by atoms with E-state index in [0.29, 0.717) is 6.42 Å². The van der Waals surface area contributed by atoms with Crippen molar-refractivity contribution in [3.8, 4) is 0 Å². The Morgan fingerprint density at radius 1 is 1.21 bits per heavy atom. The van der Waals surface area contributed by atoms with Gasteiger partial charge in [0.15, 0.2) is 0 Å². The van der Waals surface area contributed by atoms with Gasteiger partial charge in [0.05, 0.1) is 5.92 Å². The predicted octanol–water partition coefficient (Wildman–Crippen LogP) is -3.74. The van der Waals surface area contributed by atoms with E-state index in [1.165, 1.54) is 0 Å². The monoisotopic (exact) mass is 204 g/mol. The van der Waals surface area contributed by atoms with Gasteiger partial charge in [-0.3, -0.25) is 4.79 Å². The molecule has 2 aliphatic carbocycles. The molecule has 14 heavy (non-hydrogen) atoms. The van der Waals surface area contributed by atoms with Crippen LogP contribution in [0.25, 0.3) is 0 Å². The Kier molecular flexibility index (Phi) is 3.40. The van der Waals surface area contributed by atoms with E-state index in [1.807, 2.05) is 6.08 Å². The molecule has 0 heterocycles. The van der Waals surface area contributed by atoms with E-state index in [2.05, 4.69) is 0 Å². The number of fused-ring (bicyclic) bond motifs is 2. The van der Waals surface area contributed by atoms with Gasteiger partial charge in [0, 0.05) is 11.9 Å². The van der Waals surface area contributed by atoms with Crippen LogP contribution in [-0.4, -0.2) is 17.0 Å². The zero-order valence-corrected chi connectivity index (χ0v) is 9.84. The summed E-state index contributed by atoms with van der Waals surface area (Å²) < 4.78 is 0. The molecule has 1 fully saturated rings. The van der Waals surface area contributed by atoms with Crippen molar-refractivity contribution >= 4 is 11.9 Å². The standard InChI is InChI=1S/C9H10O4.Na/c10-8(11)6-4-1-2-5(3-4)7(6)9(12)13;/h1-2,4-7H,3H2,(H,10,11)(H,12,13);/q;+1/p-1. The van der Waals surface area contributed by atoms with E-state index in [4.69, 9.17) is 5.11 Å². The third kappa shape index (κ3) is 1.62. The van der Waals surface area contributed by atoms with Crippen LogP contribution in [0.5, 0.6) is 0 Å². The van der Waals surface area contributed by atoms with Gasteiger partial charge in [-0.05, 0) is 18.3 Å². The Hall–Kier alpha value is -0.320. The van der Waals surface area contributed by atoms with Crippen LogP contribution >= 0.6 is 0 Å². The number of rotatable bonds is 2. The van der Waals surface area contributed by atoms with Gasteiger partial charge in [0.2, 0.25) is 0 Å². The molecule has 2 bridgehead atoms. The van der Waals surface area contributed by atoms with Gasteiger partial charge in [0.25, 0.3) is 0 Å². The number of hydrogen-bond donors (Lipinski definition) is 1. The van der Waals surface area contributed by atoms with Crippen LogP contribution in [0.15, 0.2) is 12.2 Å². The molecule has 0 amide bonds. The third-order valence-corrected chi connectivity index (χ3v) is 3.02. The molecule has 0 aromatic carbocycles. The largest absolute Gasteiger partial charge is 1.00 e. The van der Waals surface area contributed by atoms with Crippen LogP contribution in [-0.2, 0) is 9.59 Å². The molecule has 0 aromatic rings. The molecule has 4 atom stereocenters. The van der Waals surface area contributed by atoms with Gasteiger partial charge in [-0.1, -0.05) is 12.2 Å². The van der Waals surface area contributed by atoms with Gasteiger partial charge >= 0.3 is 35.5 Å². The predicted molar refractivity (Wildman–Crippen MR) is 40.4 cm³/mol. The summed E-state index contributed by atoms with van der Waals surface area (Å²) in [6.07, 6.45) is 4.25.